The van der Waals surface area contributed by atoms with Gasteiger partial charge in [0.05, 0.1) is 0 Å². The van der Waals surface area contributed by atoms with Crippen molar-refractivity contribution in [3.05, 3.63) is 12.2 Å². The predicted molar refractivity (Wildman–Crippen MR) is 64.3 cm³/mol. The van der Waals surface area contributed by atoms with Crippen molar-refractivity contribution in [1.29, 1.82) is 0 Å². The van der Waals surface area contributed by atoms with E-state index in [2.05, 4.69) is 24.1 Å². The summed E-state index contributed by atoms with van der Waals surface area (Å²) in [5, 5.41) is 0. The van der Waals surface area contributed by atoms with Gasteiger partial charge in [0.1, 0.15) is 0 Å². The van der Waals surface area contributed by atoms with Crippen LogP contribution in [-0.4, -0.2) is 47.9 Å². The van der Waals surface area contributed by atoms with Crippen molar-refractivity contribution >= 4 is 23.9 Å². The van der Waals surface area contributed by atoms with Crippen LogP contribution in [0.25, 0.3) is 0 Å². The van der Waals surface area contributed by atoms with Gasteiger partial charge >= 0.3 is 0 Å². The van der Waals surface area contributed by atoms with Gasteiger partial charge in [-0.05, 0) is 26.3 Å². The third kappa shape index (κ3) is 3.62. The largest absolute Gasteiger partial charge is 0.297 e. The van der Waals surface area contributed by atoms with Crippen molar-refractivity contribution < 1.29 is 0 Å². The minimum atomic E-state index is 0. The Balaban J connectivity index is -0.000000250. The predicted octanol–water partition coefficient (Wildman–Crippen LogP) is 2.94. The number of likely N-dealkylation sites (N-methyl/N-ethyl adjacent to an activating group) is 1. The Labute approximate surface area is 102 Å². The molecule has 2 unspecified atom stereocenters. The Hall–Kier alpha value is 0.499. The van der Waals surface area contributed by atoms with Crippen LogP contribution >= 0.6 is 0 Å². The first-order chi connectivity index (χ1) is 4.38. The number of nitrogens with zero attached hydrogens (tertiary/aromatic N) is 1. The fraction of sp³-hybridized carbons (Fsp3) is 0.818. The van der Waals surface area contributed by atoms with Crippen molar-refractivity contribution in [3.8, 4) is 0 Å². The molecule has 2 bridgehead atoms. The molecule has 1 nitrogen and oxygen atoms in total. The monoisotopic (exact) mass is 291 g/mol. The summed E-state index contributed by atoms with van der Waals surface area (Å²) in [6.07, 6.45) is 8.77. The summed E-state index contributed by atoms with van der Waals surface area (Å²) < 4.78 is 0. The molecule has 0 aromatic rings. The quantitative estimate of drug-likeness (QED) is 0.490. The zero-order valence-electron chi connectivity index (χ0n) is 6.38. The average molecular weight is 290 g/mol. The van der Waals surface area contributed by atoms with Crippen LogP contribution in [0.2, 0.25) is 0 Å². The minimum absolute atomic E-state index is 0. The molecule has 0 aromatic carbocycles. The van der Waals surface area contributed by atoms with E-state index in [-0.39, 0.29) is 46.2 Å². The van der Waals surface area contributed by atoms with Crippen LogP contribution < -0.4 is 0 Å². The summed E-state index contributed by atoms with van der Waals surface area (Å²) in [5.74, 6) is 0. The molecule has 0 aromatic heterocycles. The molecule has 0 amide bonds. The molecule has 78 valence electrons. The molecule has 2 heteroatoms. The summed E-state index contributed by atoms with van der Waals surface area (Å²) in [6.45, 7) is 0. The van der Waals surface area contributed by atoms with Gasteiger partial charge in [-0.1, -0.05) is 34.4 Å². The van der Waals surface area contributed by atoms with Crippen molar-refractivity contribution in [1.82, 2.24) is 4.90 Å². The Morgan fingerprint density at radius 3 is 2.23 bits per heavy atom. The second-order valence-corrected chi connectivity index (χ2v) is 3.13. The molecule has 2 heterocycles. The summed E-state index contributed by atoms with van der Waals surface area (Å²) in [4.78, 5) is 2.50. The SMILES string of the molecule is C.C.C.CN1C2C=CCC1CC2.[Sn]. The van der Waals surface area contributed by atoms with E-state index >= 15 is 0 Å². The number of fused-ring (bicyclic) bond motifs is 2. The molecule has 0 N–H and O–H groups in total. The molecule has 0 saturated carbocycles. The fourth-order valence-corrected chi connectivity index (χ4v) is 1.95. The average Bonchev–Trinajstić information content (AvgIpc) is 2.19. The first-order valence-corrected chi connectivity index (χ1v) is 3.76. The van der Waals surface area contributed by atoms with Crippen LogP contribution in [0.15, 0.2) is 12.2 Å². The second-order valence-electron chi connectivity index (χ2n) is 3.13. The normalized spacial score (nSPS) is 29.0. The molecule has 2 aliphatic rings. The zero-order chi connectivity index (χ0) is 6.27. The van der Waals surface area contributed by atoms with E-state index in [1.165, 1.54) is 19.3 Å². The van der Waals surface area contributed by atoms with Crippen molar-refractivity contribution in [2.75, 3.05) is 7.05 Å². The minimum Gasteiger partial charge on any atom is -0.297 e. The van der Waals surface area contributed by atoms with Gasteiger partial charge in [0.15, 0.2) is 0 Å². The Bertz CT molecular complexity index is 145. The number of rotatable bonds is 0. The van der Waals surface area contributed by atoms with E-state index in [1.807, 2.05) is 0 Å². The van der Waals surface area contributed by atoms with Gasteiger partial charge in [-0.25, -0.2) is 0 Å². The van der Waals surface area contributed by atoms with E-state index in [1.54, 1.807) is 0 Å². The molecule has 2 aliphatic heterocycles. The van der Waals surface area contributed by atoms with E-state index in [0.717, 1.165) is 12.1 Å². The topological polar surface area (TPSA) is 3.24 Å². The van der Waals surface area contributed by atoms with Gasteiger partial charge in [0, 0.05) is 36.0 Å². The van der Waals surface area contributed by atoms with Crippen molar-refractivity contribution in [2.24, 2.45) is 0 Å². The summed E-state index contributed by atoms with van der Waals surface area (Å²) in [7, 11) is 2.24. The fourth-order valence-electron chi connectivity index (χ4n) is 1.95. The van der Waals surface area contributed by atoms with Gasteiger partial charge < -0.3 is 0 Å². The standard InChI is InChI=1S/C8H13N.3CH4.Sn/c1-9-7-3-2-4-8(9)6-5-7;;;;/h2-3,7-8H,4-6H2,1H3;3*1H4;. The third-order valence-electron chi connectivity index (χ3n) is 2.66. The van der Waals surface area contributed by atoms with Crippen molar-refractivity contribution in [2.45, 2.75) is 53.6 Å². The molecule has 0 spiro atoms. The van der Waals surface area contributed by atoms with E-state index in [0.29, 0.717) is 0 Å². The van der Waals surface area contributed by atoms with Gasteiger partial charge in [-0.2, -0.15) is 0 Å². The number of hydrogen-bond donors (Lipinski definition) is 0. The van der Waals surface area contributed by atoms with Gasteiger partial charge in [0.2, 0.25) is 0 Å². The van der Waals surface area contributed by atoms with Gasteiger partial charge in [0.25, 0.3) is 0 Å². The first kappa shape index (κ1) is 19.1. The van der Waals surface area contributed by atoms with Crippen LogP contribution in [-0.2, 0) is 0 Å². The van der Waals surface area contributed by atoms with Gasteiger partial charge in [-0.15, -0.1) is 0 Å². The van der Waals surface area contributed by atoms with Crippen LogP contribution in [0, 0.1) is 0 Å². The van der Waals surface area contributed by atoms with Crippen LogP contribution in [0.4, 0.5) is 0 Å². The van der Waals surface area contributed by atoms with E-state index in [9.17, 15) is 0 Å². The Morgan fingerprint density at radius 1 is 1.15 bits per heavy atom. The van der Waals surface area contributed by atoms with Crippen LogP contribution in [0.3, 0.4) is 0 Å². The van der Waals surface area contributed by atoms with Crippen LogP contribution in [0.5, 0.6) is 0 Å². The van der Waals surface area contributed by atoms with E-state index < -0.39 is 0 Å². The molecule has 2 atom stereocenters. The zero-order valence-corrected chi connectivity index (χ0v) is 9.23. The Morgan fingerprint density at radius 2 is 1.77 bits per heavy atom. The summed E-state index contributed by atoms with van der Waals surface area (Å²) >= 11 is 0. The maximum absolute atomic E-state index is 2.50. The molecular weight excluding hydrogens is 265 g/mol. The molecule has 1 fully saturated rings. The molecule has 1 saturated heterocycles. The summed E-state index contributed by atoms with van der Waals surface area (Å²) in [5.41, 5.74) is 0. The van der Waals surface area contributed by atoms with Gasteiger partial charge in [-0.3, -0.25) is 4.90 Å². The van der Waals surface area contributed by atoms with E-state index in [4.69, 9.17) is 0 Å². The maximum Gasteiger partial charge on any atom is 0.0278 e. The summed E-state index contributed by atoms with van der Waals surface area (Å²) in [6, 6.07) is 1.66. The molecule has 4 radical (unpaired) electrons. The Kier molecular flexibility index (Phi) is 11.6. The maximum atomic E-state index is 2.50. The van der Waals surface area contributed by atoms with Crippen molar-refractivity contribution in [3.63, 3.8) is 0 Å². The molecule has 13 heavy (non-hydrogen) atoms. The first-order valence-electron chi connectivity index (χ1n) is 3.76. The smallest absolute Gasteiger partial charge is 0.0278 e. The molecular formula is C11H25NSn. The number of hydrogen-bond acceptors (Lipinski definition) is 1. The van der Waals surface area contributed by atoms with Crippen LogP contribution in [0.1, 0.15) is 41.5 Å². The molecule has 0 aliphatic carbocycles. The third-order valence-corrected chi connectivity index (χ3v) is 2.66. The second kappa shape index (κ2) is 7.86. The molecule has 2 rings (SSSR count).